The Morgan fingerprint density at radius 3 is 1.11 bits per heavy atom. The maximum atomic E-state index is 14.6. The molecule has 3 aromatic heterocycles. The number of likely N-dealkylation sites (N-methyl/N-ethyl adjacent to an activating group) is 3. The first-order chi connectivity index (χ1) is 52.7. The molecule has 0 aliphatic rings. The van der Waals surface area contributed by atoms with E-state index in [0.29, 0.717) is 96.9 Å². The first kappa shape index (κ1) is 87.5. The van der Waals surface area contributed by atoms with Gasteiger partial charge in [0.2, 0.25) is 5.91 Å². The van der Waals surface area contributed by atoms with E-state index in [9.17, 15) is 51.7 Å². The Balaban J connectivity index is 0.000000261. The third kappa shape index (κ3) is 28.9. The number of Topliss-reactive ketones (excluding diaryl/α,β-unsaturated/α-hetero) is 3. The SMILES string of the molecule is C=CC(=O)Nc1ccc(Oc2ccnc(N)c2C#Cc2ccc(C(=O)CCC(O)CN(CC)CC)cc2)c(F)c1.CCN(CC)CC(O)CCC(=O)c1ccc(C#Cc2c(Oc3ccc(NS(N)(=O)=O)cc3F)ccnc2N)cc1.CCOc1ccnc(N)c1C#Cc1ccc(C(=O)CCC(O)CN(CC)CC)cc1. The normalized spacial score (nSPS) is 11.6. The summed E-state index contributed by atoms with van der Waals surface area (Å²) < 4.78 is 70.4. The number of aliphatic hydroxyl groups is 3. The number of nitrogen functional groups attached to an aromatic ring is 3. The van der Waals surface area contributed by atoms with Crippen molar-refractivity contribution < 1.29 is 65.9 Å². The summed E-state index contributed by atoms with van der Waals surface area (Å²) in [5.41, 5.74) is 22.8. The van der Waals surface area contributed by atoms with Crippen LogP contribution in [0.5, 0.6) is 28.7 Å². The predicted molar refractivity (Wildman–Crippen MR) is 425 cm³/mol. The lowest BCUT2D eigenvalue weighted by Crippen LogP contribution is -2.32. The molecule has 3 unspecified atom stereocenters. The summed E-state index contributed by atoms with van der Waals surface area (Å²) in [6, 6.07) is 32.8. The average Bonchev–Trinajstić information content (AvgIpc) is 0.832. The lowest BCUT2D eigenvalue weighted by atomic mass is 10.0. The molecule has 580 valence electrons. The van der Waals surface area contributed by atoms with E-state index in [2.05, 4.69) is 90.9 Å². The number of nitrogens with one attached hydrogen (secondary N) is 2. The summed E-state index contributed by atoms with van der Waals surface area (Å²) in [5.74, 6) is 16.8. The van der Waals surface area contributed by atoms with Crippen molar-refractivity contribution in [1.82, 2.24) is 29.7 Å². The fourth-order valence-electron chi connectivity index (χ4n) is 10.7. The van der Waals surface area contributed by atoms with Crippen LogP contribution < -0.4 is 46.6 Å². The first-order valence-corrected chi connectivity index (χ1v) is 37.5. The van der Waals surface area contributed by atoms with Gasteiger partial charge in [0.25, 0.3) is 10.2 Å². The van der Waals surface area contributed by atoms with Crippen LogP contribution in [0.25, 0.3) is 0 Å². The van der Waals surface area contributed by atoms with E-state index in [0.717, 1.165) is 63.0 Å². The molecule has 0 saturated carbocycles. The molecule has 5 aromatic carbocycles. The molecule has 8 rings (SSSR count). The Kier molecular flexibility index (Phi) is 35.6. The van der Waals surface area contributed by atoms with Crippen LogP contribution in [-0.2, 0) is 15.0 Å². The molecule has 110 heavy (non-hydrogen) atoms. The van der Waals surface area contributed by atoms with Gasteiger partial charge in [-0.05, 0) is 138 Å². The van der Waals surface area contributed by atoms with Crippen molar-refractivity contribution in [3.63, 3.8) is 0 Å². The number of hydrogen-bond donors (Lipinski definition) is 9. The molecule has 0 aliphatic heterocycles. The molecule has 1 amide bonds. The van der Waals surface area contributed by atoms with Gasteiger partial charge in [-0.1, -0.05) is 120 Å². The number of benzene rings is 5. The van der Waals surface area contributed by atoms with E-state index in [1.807, 2.05) is 39.3 Å². The number of carbonyl (C=O) groups excluding carboxylic acids is 4. The quantitative estimate of drug-likeness (QED) is 0.0103. The van der Waals surface area contributed by atoms with Gasteiger partial charge in [0.1, 0.15) is 51.4 Å². The molecular formula is C83H96F2N12O12S. The molecule has 8 aromatic rings. The summed E-state index contributed by atoms with van der Waals surface area (Å²) in [4.78, 5) is 67.5. The number of aliphatic hydroxyl groups excluding tert-OH is 3. The first-order valence-electron chi connectivity index (χ1n) is 35.9. The average molecular weight is 1520 g/mol. The fraction of sp³-hybridized carbons (Fsp3) is 0.313. The molecule has 0 aliphatic carbocycles. The van der Waals surface area contributed by atoms with Crippen molar-refractivity contribution in [2.45, 2.75) is 105 Å². The van der Waals surface area contributed by atoms with E-state index in [4.69, 9.17) is 36.6 Å². The number of halogens is 2. The zero-order valence-corrected chi connectivity index (χ0v) is 63.7. The third-order valence-corrected chi connectivity index (χ3v) is 17.5. The summed E-state index contributed by atoms with van der Waals surface area (Å²) in [5, 5.41) is 38.0. The van der Waals surface area contributed by atoms with Gasteiger partial charge in [-0.3, -0.25) is 23.9 Å². The standard InChI is InChI=1S/C31H33FN4O4.C28H32FN5O5S.C24H31N3O3/c1-4-30(39)35-23-12-16-29(26(32)19-23)40-28-17-18-34-31(33)25(28)14-9-21-7-10-22(11-8-21)27(38)15-13-24(37)20-36(5-2)6-3;1-3-34(4-2)18-22(35)11-13-25(36)20-8-5-19(6-9-20)7-12-23-26(15-16-32-28(23)30)39-27-14-10-21(17-24(27)29)33-40(31,37)38;1-4-27(5-2)17-20(28)12-14-22(29)19-10-7-18(8-11-19)9-13-21-23(30-6-3)15-16-26-24(21)25/h4,7-8,10-12,16-19,24,37H,1,5-6,13,15,20H2,2-3H3,(H2,33,34)(H,35,39);5-6,8-10,14-17,22,33,35H,3-4,11,13,18H2,1-2H3,(H2,30,32)(H2,31,37,38);7-8,10-11,15-16,20,28H,4-6,12,14,17H2,1-3H3,(H2,25,26). The Labute approximate surface area is 642 Å². The second-order valence-electron chi connectivity index (χ2n) is 24.8. The highest BCUT2D eigenvalue weighted by Gasteiger charge is 2.19. The summed E-state index contributed by atoms with van der Waals surface area (Å²) in [7, 11) is -4.06. The zero-order chi connectivity index (χ0) is 80.3. The van der Waals surface area contributed by atoms with Crippen molar-refractivity contribution in [1.29, 1.82) is 0 Å². The van der Waals surface area contributed by atoms with Crippen LogP contribution in [0.2, 0.25) is 0 Å². The number of amides is 1. The largest absolute Gasteiger partial charge is 0.492 e. The number of anilines is 5. The minimum atomic E-state index is -4.06. The molecule has 27 heteroatoms. The minimum absolute atomic E-state index is 0.0169. The van der Waals surface area contributed by atoms with Gasteiger partial charge in [0.15, 0.2) is 40.5 Å². The van der Waals surface area contributed by atoms with Crippen molar-refractivity contribution in [3.05, 3.63) is 220 Å². The highest BCUT2D eigenvalue weighted by atomic mass is 32.2. The van der Waals surface area contributed by atoms with Crippen LogP contribution in [0.4, 0.5) is 37.6 Å². The van der Waals surface area contributed by atoms with Crippen LogP contribution >= 0.6 is 0 Å². The van der Waals surface area contributed by atoms with Gasteiger partial charge >= 0.3 is 0 Å². The van der Waals surface area contributed by atoms with Gasteiger partial charge in [0, 0.05) is 121 Å². The maximum absolute atomic E-state index is 14.6. The van der Waals surface area contributed by atoms with Crippen molar-refractivity contribution in [3.8, 4) is 64.3 Å². The Morgan fingerprint density at radius 2 is 0.800 bits per heavy atom. The number of pyridine rings is 3. The van der Waals surface area contributed by atoms with Crippen molar-refractivity contribution in [2.75, 3.05) is 92.7 Å². The number of nitrogens with zero attached hydrogens (tertiary/aromatic N) is 6. The van der Waals surface area contributed by atoms with Gasteiger partial charge in [-0.2, -0.15) is 8.42 Å². The molecule has 3 heterocycles. The molecule has 0 bridgehead atoms. The van der Waals surface area contributed by atoms with Gasteiger partial charge < -0.3 is 66.7 Å². The summed E-state index contributed by atoms with van der Waals surface area (Å²) in [6.07, 6.45) is 5.88. The van der Waals surface area contributed by atoms with E-state index < -0.39 is 46.1 Å². The fourth-order valence-corrected chi connectivity index (χ4v) is 11.1. The molecule has 0 spiro atoms. The minimum Gasteiger partial charge on any atom is -0.492 e. The Hall–Kier alpha value is -11.4. The number of ether oxygens (including phenoxy) is 3. The monoisotopic (exact) mass is 1520 g/mol. The van der Waals surface area contributed by atoms with Gasteiger partial charge in [-0.25, -0.2) is 28.9 Å². The van der Waals surface area contributed by atoms with E-state index >= 15 is 0 Å². The van der Waals surface area contributed by atoms with Crippen LogP contribution in [0, 0.1) is 47.2 Å². The number of aromatic nitrogens is 3. The van der Waals surface area contributed by atoms with Crippen LogP contribution in [0.15, 0.2) is 159 Å². The number of rotatable bonds is 34. The topological polar surface area (TPSA) is 367 Å². The second-order valence-corrected chi connectivity index (χ2v) is 26.1. The smallest absolute Gasteiger partial charge is 0.296 e. The van der Waals surface area contributed by atoms with Crippen LogP contribution in [0.1, 0.15) is 151 Å². The van der Waals surface area contributed by atoms with Crippen molar-refractivity contribution in [2.24, 2.45) is 5.14 Å². The number of carbonyl (C=O) groups is 4. The highest BCUT2D eigenvalue weighted by Crippen LogP contribution is 2.33. The third-order valence-electron chi connectivity index (χ3n) is 17.0. The summed E-state index contributed by atoms with van der Waals surface area (Å²) >= 11 is 0. The lowest BCUT2D eigenvalue weighted by molar-refractivity contribution is -0.111. The molecule has 0 saturated heterocycles. The molecule has 0 fully saturated rings. The molecule has 24 nitrogen and oxygen atoms in total. The van der Waals surface area contributed by atoms with Crippen LogP contribution in [0.3, 0.4) is 0 Å². The second kappa shape index (κ2) is 44.8. The molecular weight excluding hydrogens is 1430 g/mol. The maximum Gasteiger partial charge on any atom is 0.296 e. The number of hydrogen-bond acceptors (Lipinski definition) is 21. The Bertz CT molecular complexity index is 4720. The van der Waals surface area contributed by atoms with E-state index in [1.165, 1.54) is 48.8 Å². The zero-order valence-electron chi connectivity index (χ0n) is 62.9. The Morgan fingerprint density at radius 1 is 0.482 bits per heavy atom. The van der Waals surface area contributed by atoms with E-state index in [1.54, 1.807) is 85.1 Å². The molecule has 0 radical (unpaired) electrons. The van der Waals surface area contributed by atoms with Crippen LogP contribution in [-0.4, -0.2) is 160 Å². The lowest BCUT2D eigenvalue weighted by Gasteiger charge is -2.21. The van der Waals surface area contributed by atoms with Gasteiger partial charge in [0.05, 0.1) is 30.6 Å². The van der Waals surface area contributed by atoms with Crippen molar-refractivity contribution >= 4 is 62.3 Å². The number of ketones is 3. The van der Waals surface area contributed by atoms with E-state index in [-0.39, 0.29) is 87.3 Å². The summed E-state index contributed by atoms with van der Waals surface area (Å²) in [6.45, 7) is 24.9. The molecule has 3 atom stereocenters. The highest BCUT2D eigenvalue weighted by molar-refractivity contribution is 7.90. The number of nitrogens with two attached hydrogens (primary N) is 4. The predicted octanol–water partition coefficient (Wildman–Crippen LogP) is 11.2. The molecule has 13 N–H and O–H groups in total. The van der Waals surface area contributed by atoms with Gasteiger partial charge in [-0.15, -0.1) is 0 Å².